The van der Waals surface area contributed by atoms with Gasteiger partial charge in [0.1, 0.15) is 11.7 Å². The Morgan fingerprint density at radius 3 is 2.10 bits per heavy atom. The summed E-state index contributed by atoms with van der Waals surface area (Å²) < 4.78 is 5.18. The molecule has 0 aromatic heterocycles. The largest absolute Gasteiger partial charge is 0.430 e. The molecule has 0 radical (unpaired) electrons. The molecule has 0 aromatic carbocycles. The van der Waals surface area contributed by atoms with Crippen molar-refractivity contribution in [3.8, 4) is 0 Å². The number of hydrogen-bond donors (Lipinski definition) is 0. The van der Waals surface area contributed by atoms with E-state index in [1.807, 2.05) is 0 Å². The predicted molar refractivity (Wildman–Crippen MR) is 84.4 cm³/mol. The number of rotatable bonds is 12. The minimum atomic E-state index is -0.00211. The van der Waals surface area contributed by atoms with Crippen molar-refractivity contribution in [2.75, 3.05) is 0 Å². The van der Waals surface area contributed by atoms with Crippen LogP contribution in [0.25, 0.3) is 0 Å². The van der Waals surface area contributed by atoms with Gasteiger partial charge in [-0.3, -0.25) is 4.79 Å². The van der Waals surface area contributed by atoms with Crippen molar-refractivity contribution in [2.24, 2.45) is 5.92 Å². The van der Waals surface area contributed by atoms with E-state index >= 15 is 0 Å². The molecule has 20 heavy (non-hydrogen) atoms. The van der Waals surface area contributed by atoms with Gasteiger partial charge in [0.25, 0.3) is 0 Å². The summed E-state index contributed by atoms with van der Waals surface area (Å²) >= 11 is 0. The lowest BCUT2D eigenvalue weighted by Crippen LogP contribution is -2.32. The minimum Gasteiger partial charge on any atom is -0.430 e. The highest BCUT2D eigenvalue weighted by molar-refractivity contribution is 5.82. The van der Waals surface area contributed by atoms with Gasteiger partial charge in [-0.1, -0.05) is 71.6 Å². The molecule has 2 heteroatoms. The molecule has 1 fully saturated rings. The van der Waals surface area contributed by atoms with Crippen molar-refractivity contribution >= 4 is 5.97 Å². The summed E-state index contributed by atoms with van der Waals surface area (Å²) in [4.78, 5) is 11.5. The Morgan fingerprint density at radius 2 is 1.50 bits per heavy atom. The number of carbonyl (C=O) groups excluding carboxylic acids is 1. The van der Waals surface area contributed by atoms with Crippen LogP contribution in [0.4, 0.5) is 0 Å². The van der Waals surface area contributed by atoms with Crippen molar-refractivity contribution in [1.82, 2.24) is 0 Å². The summed E-state index contributed by atoms with van der Waals surface area (Å²) in [5, 5.41) is 0. The zero-order valence-electron chi connectivity index (χ0n) is 13.5. The minimum absolute atomic E-state index is 0.00211. The lowest BCUT2D eigenvalue weighted by molar-refractivity contribution is -0.157. The number of carbonyl (C=O) groups is 1. The van der Waals surface area contributed by atoms with Crippen molar-refractivity contribution in [2.45, 2.75) is 90.9 Å². The first-order chi connectivity index (χ1) is 9.79. The molecule has 0 bridgehead atoms. The van der Waals surface area contributed by atoms with E-state index in [1.165, 1.54) is 57.8 Å². The molecule has 0 N–H and O–H groups in total. The summed E-state index contributed by atoms with van der Waals surface area (Å²) in [7, 11) is 0. The Bertz CT molecular complexity index is 294. The SMILES string of the molecule is CCCCCCC/C=C1\OC(=O)[C@@H]1CCCCCCC. The average molecular weight is 280 g/mol. The second kappa shape index (κ2) is 10.9. The highest BCUT2D eigenvalue weighted by atomic mass is 16.6. The van der Waals surface area contributed by atoms with Crippen LogP contribution in [0, 0.1) is 5.92 Å². The van der Waals surface area contributed by atoms with Gasteiger partial charge in [-0.2, -0.15) is 0 Å². The van der Waals surface area contributed by atoms with Gasteiger partial charge in [-0.15, -0.1) is 0 Å². The normalized spacial score (nSPS) is 20.0. The first-order valence-corrected chi connectivity index (χ1v) is 8.71. The summed E-state index contributed by atoms with van der Waals surface area (Å²) in [5.74, 6) is 1.05. The monoisotopic (exact) mass is 280 g/mol. The number of ether oxygens (including phenoxy) is 1. The molecular weight excluding hydrogens is 248 g/mol. The van der Waals surface area contributed by atoms with E-state index in [1.54, 1.807) is 0 Å². The second-order valence-corrected chi connectivity index (χ2v) is 5.99. The van der Waals surface area contributed by atoms with E-state index in [0.29, 0.717) is 0 Å². The molecule has 116 valence electrons. The summed E-state index contributed by atoms with van der Waals surface area (Å²) in [5.41, 5.74) is 0. The maximum Gasteiger partial charge on any atom is 0.321 e. The van der Waals surface area contributed by atoms with Gasteiger partial charge in [-0.05, 0) is 25.3 Å². The summed E-state index contributed by atoms with van der Waals surface area (Å²) in [6.07, 6.45) is 17.0. The standard InChI is InChI=1S/C18H32O2/c1-3-5-7-9-11-13-15-17-16(18(19)20-17)14-12-10-8-6-4-2/h15-16H,3-14H2,1-2H3/b17-15-/t16-/m1/s1. The lowest BCUT2D eigenvalue weighted by Gasteiger charge is -2.28. The third-order valence-electron chi connectivity index (χ3n) is 4.10. The summed E-state index contributed by atoms with van der Waals surface area (Å²) in [6, 6.07) is 0. The molecule has 0 unspecified atom stereocenters. The van der Waals surface area contributed by atoms with Crippen LogP contribution in [0.15, 0.2) is 11.8 Å². The van der Waals surface area contributed by atoms with E-state index in [2.05, 4.69) is 19.9 Å². The predicted octanol–water partition coefficient (Wildman–Crippen LogP) is 5.76. The fourth-order valence-corrected chi connectivity index (χ4v) is 2.70. The lowest BCUT2D eigenvalue weighted by atomic mass is 9.93. The van der Waals surface area contributed by atoms with Crippen LogP contribution in [0.1, 0.15) is 90.9 Å². The molecular formula is C18H32O2. The second-order valence-electron chi connectivity index (χ2n) is 5.99. The Hall–Kier alpha value is -0.790. The molecule has 0 spiro atoms. The van der Waals surface area contributed by atoms with Gasteiger partial charge < -0.3 is 4.74 Å². The number of allylic oxidation sites excluding steroid dienone is 1. The molecule has 2 nitrogen and oxygen atoms in total. The highest BCUT2D eigenvalue weighted by Gasteiger charge is 2.36. The molecule has 0 aliphatic carbocycles. The third kappa shape index (κ3) is 6.58. The molecule has 1 aliphatic heterocycles. The van der Waals surface area contributed by atoms with Crippen molar-refractivity contribution in [3.05, 3.63) is 11.8 Å². The van der Waals surface area contributed by atoms with Crippen molar-refractivity contribution < 1.29 is 9.53 Å². The molecule has 1 saturated heterocycles. The van der Waals surface area contributed by atoms with Gasteiger partial charge in [0, 0.05) is 0 Å². The van der Waals surface area contributed by atoms with Gasteiger partial charge in [-0.25, -0.2) is 0 Å². The third-order valence-corrected chi connectivity index (χ3v) is 4.10. The van der Waals surface area contributed by atoms with E-state index < -0.39 is 0 Å². The first-order valence-electron chi connectivity index (χ1n) is 8.71. The zero-order chi connectivity index (χ0) is 14.6. The van der Waals surface area contributed by atoms with E-state index in [4.69, 9.17) is 4.74 Å². The van der Waals surface area contributed by atoms with Crippen LogP contribution in [-0.4, -0.2) is 5.97 Å². The Morgan fingerprint density at radius 1 is 0.900 bits per heavy atom. The van der Waals surface area contributed by atoms with Crippen LogP contribution >= 0.6 is 0 Å². The van der Waals surface area contributed by atoms with Crippen LogP contribution in [0.5, 0.6) is 0 Å². The average Bonchev–Trinajstić information content (AvgIpc) is 2.45. The van der Waals surface area contributed by atoms with Gasteiger partial charge >= 0.3 is 5.97 Å². The molecule has 0 saturated carbocycles. The van der Waals surface area contributed by atoms with E-state index in [9.17, 15) is 4.79 Å². The number of hydrogen-bond acceptors (Lipinski definition) is 2. The molecule has 1 atom stereocenters. The van der Waals surface area contributed by atoms with Crippen molar-refractivity contribution in [1.29, 1.82) is 0 Å². The highest BCUT2D eigenvalue weighted by Crippen LogP contribution is 2.32. The maximum atomic E-state index is 11.5. The van der Waals surface area contributed by atoms with E-state index in [-0.39, 0.29) is 11.9 Å². The number of cyclic esters (lactones) is 1. The smallest absolute Gasteiger partial charge is 0.321 e. The molecule has 1 heterocycles. The Balaban J connectivity index is 2.10. The first kappa shape index (κ1) is 17.3. The van der Waals surface area contributed by atoms with Crippen LogP contribution in [0.2, 0.25) is 0 Å². The topological polar surface area (TPSA) is 26.3 Å². The molecule has 0 amide bonds. The number of unbranched alkanes of at least 4 members (excludes halogenated alkanes) is 9. The molecule has 1 rings (SSSR count). The van der Waals surface area contributed by atoms with Crippen LogP contribution in [0.3, 0.4) is 0 Å². The Labute approximate surface area is 125 Å². The maximum absolute atomic E-state index is 11.5. The van der Waals surface area contributed by atoms with Gasteiger partial charge in [0.2, 0.25) is 0 Å². The van der Waals surface area contributed by atoms with Gasteiger partial charge in [0.15, 0.2) is 0 Å². The Kier molecular flexibility index (Phi) is 9.44. The molecule has 1 aliphatic rings. The van der Waals surface area contributed by atoms with Crippen LogP contribution < -0.4 is 0 Å². The van der Waals surface area contributed by atoms with E-state index in [0.717, 1.165) is 25.0 Å². The molecule has 0 aromatic rings. The quantitative estimate of drug-likeness (QED) is 0.335. The zero-order valence-corrected chi connectivity index (χ0v) is 13.5. The fourth-order valence-electron chi connectivity index (χ4n) is 2.70. The summed E-state index contributed by atoms with van der Waals surface area (Å²) in [6.45, 7) is 4.46. The van der Waals surface area contributed by atoms with Crippen LogP contribution in [-0.2, 0) is 9.53 Å². The van der Waals surface area contributed by atoms with Gasteiger partial charge in [0.05, 0.1) is 0 Å². The number of esters is 1. The van der Waals surface area contributed by atoms with Crippen molar-refractivity contribution in [3.63, 3.8) is 0 Å². The fraction of sp³-hybridized carbons (Fsp3) is 0.833.